The van der Waals surface area contributed by atoms with Gasteiger partial charge in [-0.2, -0.15) is 0 Å². The predicted octanol–water partition coefficient (Wildman–Crippen LogP) is 3.68. The number of hydrogen-bond acceptors (Lipinski definition) is 1. The van der Waals surface area contributed by atoms with E-state index in [0.717, 1.165) is 13.0 Å². The Morgan fingerprint density at radius 2 is 1.64 bits per heavy atom. The van der Waals surface area contributed by atoms with E-state index in [1.54, 1.807) is 0 Å². The third kappa shape index (κ3) is 7.81. The van der Waals surface area contributed by atoms with Gasteiger partial charge in [0.05, 0.1) is 12.7 Å². The van der Waals surface area contributed by atoms with Crippen LogP contribution in [-0.2, 0) is 11.2 Å². The second-order valence-electron chi connectivity index (χ2n) is 2.98. The van der Waals surface area contributed by atoms with Gasteiger partial charge in [-0.3, -0.25) is 0 Å². The van der Waals surface area contributed by atoms with Crippen LogP contribution in [0.5, 0.6) is 0 Å². The van der Waals surface area contributed by atoms with Crippen LogP contribution in [0, 0.1) is 0 Å². The summed E-state index contributed by atoms with van der Waals surface area (Å²) in [6, 6.07) is 10.5. The van der Waals surface area contributed by atoms with E-state index in [1.165, 1.54) is 5.56 Å². The molecule has 0 amide bonds. The van der Waals surface area contributed by atoms with Crippen molar-refractivity contribution in [1.29, 1.82) is 0 Å². The van der Waals surface area contributed by atoms with Crippen LogP contribution in [0.1, 0.15) is 33.3 Å². The predicted molar refractivity (Wildman–Crippen MR) is 62.6 cm³/mol. The van der Waals surface area contributed by atoms with Gasteiger partial charge in [0.25, 0.3) is 0 Å². The van der Waals surface area contributed by atoms with E-state index in [-0.39, 0.29) is 0 Å². The van der Waals surface area contributed by atoms with Gasteiger partial charge in [-0.25, -0.2) is 0 Å². The van der Waals surface area contributed by atoms with E-state index >= 15 is 0 Å². The smallest absolute Gasteiger partial charge is 0.0781 e. The van der Waals surface area contributed by atoms with Gasteiger partial charge in [0.1, 0.15) is 0 Å². The highest BCUT2D eigenvalue weighted by Gasteiger charge is 2.13. The number of ether oxygens (including phenoxy) is 1. The van der Waals surface area contributed by atoms with Crippen molar-refractivity contribution in [2.24, 2.45) is 0 Å². The maximum absolute atomic E-state index is 4.71. The number of hydrogen-bond donors (Lipinski definition) is 0. The molecule has 0 aliphatic carbocycles. The summed E-state index contributed by atoms with van der Waals surface area (Å²) in [5, 5.41) is 0. The van der Waals surface area contributed by atoms with Crippen molar-refractivity contribution in [2.45, 2.75) is 40.2 Å². The van der Waals surface area contributed by atoms with Crippen molar-refractivity contribution in [1.82, 2.24) is 0 Å². The molecule has 1 fully saturated rings. The van der Waals surface area contributed by atoms with E-state index in [1.807, 2.05) is 19.9 Å². The molecule has 1 saturated heterocycles. The van der Waals surface area contributed by atoms with E-state index in [9.17, 15) is 0 Å². The first kappa shape index (κ1) is 13.2. The molecule has 0 aromatic heterocycles. The van der Waals surface area contributed by atoms with Crippen LogP contribution in [0.4, 0.5) is 0 Å². The molecule has 1 aromatic carbocycles. The highest BCUT2D eigenvalue weighted by atomic mass is 16.6. The average Bonchev–Trinajstić information content (AvgIpc) is 3.06. The Kier molecular flexibility index (Phi) is 8.25. The summed E-state index contributed by atoms with van der Waals surface area (Å²) in [7, 11) is 0. The van der Waals surface area contributed by atoms with E-state index in [2.05, 4.69) is 38.1 Å². The van der Waals surface area contributed by atoms with Crippen molar-refractivity contribution in [2.75, 3.05) is 6.61 Å². The van der Waals surface area contributed by atoms with Gasteiger partial charge in [-0.05, 0) is 18.9 Å². The van der Waals surface area contributed by atoms with Crippen LogP contribution < -0.4 is 0 Å². The molecule has 1 heterocycles. The monoisotopic (exact) mass is 194 g/mol. The highest BCUT2D eigenvalue weighted by Crippen LogP contribution is 2.04. The largest absolute Gasteiger partial charge is 0.373 e. The molecule has 0 N–H and O–H groups in total. The quantitative estimate of drug-likeness (QED) is 0.621. The minimum Gasteiger partial charge on any atom is -0.373 e. The maximum atomic E-state index is 4.71. The van der Waals surface area contributed by atoms with Gasteiger partial charge in [0, 0.05) is 0 Å². The average molecular weight is 194 g/mol. The second-order valence-corrected chi connectivity index (χ2v) is 2.98. The molecule has 1 nitrogen and oxygen atoms in total. The third-order valence-corrected chi connectivity index (χ3v) is 1.75. The number of aryl methyl sites for hydroxylation is 1. The zero-order chi connectivity index (χ0) is 10.8. The lowest BCUT2D eigenvalue weighted by Gasteiger charge is -1.89. The fraction of sp³-hybridized carbons (Fsp3) is 0.538. The molecule has 1 aromatic rings. The summed E-state index contributed by atoms with van der Waals surface area (Å²) in [6.45, 7) is 9.20. The Morgan fingerprint density at radius 1 is 1.21 bits per heavy atom. The minimum atomic E-state index is 0.583. The molecule has 80 valence electrons. The van der Waals surface area contributed by atoms with Gasteiger partial charge < -0.3 is 4.74 Å². The van der Waals surface area contributed by atoms with Crippen LogP contribution in [0.3, 0.4) is 0 Å². The van der Waals surface area contributed by atoms with Crippen molar-refractivity contribution in [3.05, 3.63) is 35.9 Å². The Hall–Kier alpha value is -0.820. The van der Waals surface area contributed by atoms with Crippen molar-refractivity contribution < 1.29 is 4.74 Å². The summed E-state index contributed by atoms with van der Waals surface area (Å²) >= 11 is 0. The Labute approximate surface area is 88.1 Å². The zero-order valence-corrected chi connectivity index (χ0v) is 9.79. The Morgan fingerprint density at radius 3 is 1.86 bits per heavy atom. The van der Waals surface area contributed by atoms with Crippen LogP contribution >= 0.6 is 0 Å². The zero-order valence-electron chi connectivity index (χ0n) is 9.79. The molecular formula is C13H22O. The van der Waals surface area contributed by atoms with Crippen molar-refractivity contribution in [3.63, 3.8) is 0 Å². The highest BCUT2D eigenvalue weighted by molar-refractivity contribution is 5.13. The minimum absolute atomic E-state index is 0.583. The van der Waals surface area contributed by atoms with Gasteiger partial charge in [-0.1, -0.05) is 51.1 Å². The van der Waals surface area contributed by atoms with Gasteiger partial charge in [-0.15, -0.1) is 0 Å². The molecule has 1 aliphatic heterocycles. The molecule has 0 bridgehead atoms. The SMILES string of the molecule is CC.CC1CO1.CCc1ccccc1. The third-order valence-electron chi connectivity index (χ3n) is 1.75. The van der Waals surface area contributed by atoms with Crippen LogP contribution in [0.25, 0.3) is 0 Å². The van der Waals surface area contributed by atoms with Crippen LogP contribution in [0.2, 0.25) is 0 Å². The lowest BCUT2D eigenvalue weighted by atomic mass is 10.2. The normalized spacial score (nSPS) is 17.0. The van der Waals surface area contributed by atoms with E-state index in [0.29, 0.717) is 6.10 Å². The maximum Gasteiger partial charge on any atom is 0.0781 e. The van der Waals surface area contributed by atoms with Crippen molar-refractivity contribution in [3.8, 4) is 0 Å². The summed E-state index contributed by atoms with van der Waals surface area (Å²) in [5.74, 6) is 0. The number of epoxide rings is 1. The van der Waals surface area contributed by atoms with Crippen LogP contribution in [0.15, 0.2) is 30.3 Å². The first-order valence-electron chi connectivity index (χ1n) is 5.48. The molecule has 1 unspecified atom stereocenters. The summed E-state index contributed by atoms with van der Waals surface area (Å²) < 4.78 is 4.71. The first-order chi connectivity index (χ1) is 6.83. The molecule has 2 rings (SSSR count). The number of rotatable bonds is 1. The lowest BCUT2D eigenvalue weighted by molar-refractivity contribution is 0.423. The van der Waals surface area contributed by atoms with Crippen LogP contribution in [-0.4, -0.2) is 12.7 Å². The van der Waals surface area contributed by atoms with Gasteiger partial charge >= 0.3 is 0 Å². The topological polar surface area (TPSA) is 12.5 Å². The van der Waals surface area contributed by atoms with E-state index < -0.39 is 0 Å². The molecular weight excluding hydrogens is 172 g/mol. The molecule has 14 heavy (non-hydrogen) atoms. The fourth-order valence-electron chi connectivity index (χ4n) is 0.810. The van der Waals surface area contributed by atoms with Gasteiger partial charge in [0.15, 0.2) is 0 Å². The summed E-state index contributed by atoms with van der Waals surface area (Å²) in [4.78, 5) is 0. The molecule has 1 aliphatic rings. The Balaban J connectivity index is 0.000000236. The molecule has 0 saturated carbocycles. The number of benzene rings is 1. The molecule has 0 spiro atoms. The van der Waals surface area contributed by atoms with Crippen molar-refractivity contribution >= 4 is 0 Å². The van der Waals surface area contributed by atoms with E-state index in [4.69, 9.17) is 4.74 Å². The first-order valence-corrected chi connectivity index (χ1v) is 5.48. The second kappa shape index (κ2) is 8.76. The summed E-state index contributed by atoms with van der Waals surface area (Å²) in [6.07, 6.45) is 1.72. The lowest BCUT2D eigenvalue weighted by Crippen LogP contribution is -1.73. The fourth-order valence-corrected chi connectivity index (χ4v) is 0.810. The Bertz CT molecular complexity index is 202. The van der Waals surface area contributed by atoms with Gasteiger partial charge in [0.2, 0.25) is 0 Å². The molecule has 1 atom stereocenters. The molecule has 0 radical (unpaired) electrons. The molecule has 1 heteroatoms. The standard InChI is InChI=1S/C8H10.C3H6O.C2H6/c1-2-8-6-4-3-5-7-8;1-3-2-4-3;1-2/h3-7H,2H2,1H3;3H,2H2,1H3;1-2H3. The summed E-state index contributed by atoms with van der Waals surface area (Å²) in [5.41, 5.74) is 1.41.